The number of carbonyl (C=O) groups is 1. The molecule has 0 spiro atoms. The maximum absolute atomic E-state index is 13.0. The first-order chi connectivity index (χ1) is 13.7. The minimum atomic E-state index is -0.203. The normalized spacial score (nSPS) is 15.6. The van der Waals surface area contributed by atoms with Gasteiger partial charge in [0.25, 0.3) is 5.91 Å². The quantitative estimate of drug-likeness (QED) is 0.490. The van der Waals surface area contributed by atoms with Crippen LogP contribution in [0.3, 0.4) is 0 Å². The van der Waals surface area contributed by atoms with Gasteiger partial charge in [0.2, 0.25) is 5.13 Å². The van der Waals surface area contributed by atoms with Crippen LogP contribution >= 0.6 is 11.3 Å². The lowest BCUT2D eigenvalue weighted by Crippen LogP contribution is -2.30. The molecule has 1 aliphatic heterocycles. The van der Waals surface area contributed by atoms with Gasteiger partial charge in [-0.1, -0.05) is 59.9 Å². The van der Waals surface area contributed by atoms with Gasteiger partial charge in [-0.05, 0) is 24.4 Å². The fourth-order valence-corrected chi connectivity index (χ4v) is 4.09. The zero-order valence-corrected chi connectivity index (χ0v) is 15.8. The lowest BCUT2D eigenvalue weighted by atomic mass is 10.2. The van der Waals surface area contributed by atoms with Crippen LogP contribution in [0.5, 0.6) is 0 Å². The molecule has 2 aromatic carbocycles. The van der Waals surface area contributed by atoms with Gasteiger partial charge in [-0.2, -0.15) is 0 Å². The highest BCUT2D eigenvalue weighted by Crippen LogP contribution is 2.32. The molecule has 4 aromatic rings. The van der Waals surface area contributed by atoms with Crippen molar-refractivity contribution in [1.82, 2.24) is 14.8 Å². The van der Waals surface area contributed by atoms with Gasteiger partial charge in [0.15, 0.2) is 0 Å². The van der Waals surface area contributed by atoms with Crippen molar-refractivity contribution in [2.75, 3.05) is 4.90 Å². The van der Waals surface area contributed by atoms with E-state index in [1.54, 1.807) is 13.1 Å². The van der Waals surface area contributed by atoms with Crippen LogP contribution < -0.4 is 4.90 Å². The fourth-order valence-electron chi connectivity index (χ4n) is 3.20. The molecule has 1 aliphatic rings. The van der Waals surface area contributed by atoms with Crippen molar-refractivity contribution < 1.29 is 4.79 Å². The van der Waals surface area contributed by atoms with Crippen LogP contribution in [0.25, 0.3) is 27.7 Å². The summed E-state index contributed by atoms with van der Waals surface area (Å²) in [6.45, 7) is 1.80. The zero-order valence-electron chi connectivity index (χ0n) is 15.0. The van der Waals surface area contributed by atoms with E-state index < -0.39 is 0 Å². The molecule has 2 aromatic heterocycles. The molecule has 0 saturated heterocycles. The highest BCUT2D eigenvalue weighted by atomic mass is 32.1. The molecule has 0 atom stereocenters. The molecule has 5 rings (SSSR count). The molecule has 0 fully saturated rings. The molecule has 6 nitrogen and oxygen atoms in total. The van der Waals surface area contributed by atoms with E-state index in [2.05, 4.69) is 15.2 Å². The molecular weight excluding hydrogens is 370 g/mol. The SMILES string of the molecule is CC1=N/C(=C/n2ccc3ccccc32)C(=O)N1c1nnc(-c2ccccc2)s1. The highest BCUT2D eigenvalue weighted by molar-refractivity contribution is 7.18. The molecule has 0 radical (unpaired) electrons. The Labute approximate surface area is 165 Å². The zero-order chi connectivity index (χ0) is 19.1. The predicted molar refractivity (Wildman–Crippen MR) is 112 cm³/mol. The summed E-state index contributed by atoms with van der Waals surface area (Å²) >= 11 is 1.37. The van der Waals surface area contributed by atoms with E-state index in [0.29, 0.717) is 16.7 Å². The van der Waals surface area contributed by atoms with Crippen molar-refractivity contribution in [1.29, 1.82) is 0 Å². The van der Waals surface area contributed by atoms with E-state index in [1.165, 1.54) is 16.2 Å². The van der Waals surface area contributed by atoms with Crippen molar-refractivity contribution in [3.63, 3.8) is 0 Å². The van der Waals surface area contributed by atoms with E-state index in [1.807, 2.05) is 71.4 Å². The predicted octanol–water partition coefficient (Wildman–Crippen LogP) is 4.42. The van der Waals surface area contributed by atoms with E-state index >= 15 is 0 Å². The molecule has 1 amide bonds. The number of aliphatic imine (C=N–C) groups is 1. The van der Waals surface area contributed by atoms with Crippen LogP contribution in [-0.2, 0) is 4.79 Å². The Balaban J connectivity index is 1.48. The van der Waals surface area contributed by atoms with Gasteiger partial charge < -0.3 is 4.57 Å². The number of amidine groups is 1. The second-order valence-corrected chi connectivity index (χ2v) is 7.31. The lowest BCUT2D eigenvalue weighted by Gasteiger charge is -2.10. The van der Waals surface area contributed by atoms with Crippen molar-refractivity contribution in [2.45, 2.75) is 6.92 Å². The Morgan fingerprint density at radius 2 is 1.75 bits per heavy atom. The molecule has 7 heteroatoms. The average molecular weight is 385 g/mol. The van der Waals surface area contributed by atoms with E-state index in [9.17, 15) is 4.79 Å². The van der Waals surface area contributed by atoms with Crippen LogP contribution in [0, 0.1) is 0 Å². The first kappa shape index (κ1) is 16.6. The summed E-state index contributed by atoms with van der Waals surface area (Å²) in [6, 6.07) is 19.8. The second-order valence-electron chi connectivity index (χ2n) is 6.35. The number of rotatable bonds is 3. The van der Waals surface area contributed by atoms with Gasteiger partial charge in [0.05, 0.1) is 5.52 Å². The molecule has 0 saturated carbocycles. The topological polar surface area (TPSA) is 63.4 Å². The summed E-state index contributed by atoms with van der Waals surface area (Å²) in [7, 11) is 0. The Hall–Kier alpha value is -3.58. The number of aromatic nitrogens is 3. The Morgan fingerprint density at radius 3 is 2.61 bits per heavy atom. The monoisotopic (exact) mass is 385 g/mol. The molecule has 0 bridgehead atoms. The Bertz CT molecular complexity index is 1250. The Kier molecular flexibility index (Phi) is 3.87. The van der Waals surface area contributed by atoms with Crippen LogP contribution in [-0.4, -0.2) is 26.5 Å². The van der Waals surface area contributed by atoms with Crippen LogP contribution in [0.4, 0.5) is 5.13 Å². The van der Waals surface area contributed by atoms with Crippen LogP contribution in [0.1, 0.15) is 6.92 Å². The third kappa shape index (κ3) is 2.73. The number of benzene rings is 2. The second kappa shape index (κ2) is 6.54. The molecule has 0 unspecified atom stereocenters. The summed E-state index contributed by atoms with van der Waals surface area (Å²) in [5.74, 6) is 0.384. The molecule has 0 N–H and O–H groups in total. The number of anilines is 1. The minimum Gasteiger partial charge on any atom is -0.321 e. The summed E-state index contributed by atoms with van der Waals surface area (Å²) in [4.78, 5) is 19.0. The van der Waals surface area contributed by atoms with Crippen molar-refractivity contribution in [3.8, 4) is 10.6 Å². The van der Waals surface area contributed by atoms with Gasteiger partial charge >= 0.3 is 0 Å². The maximum atomic E-state index is 13.0. The summed E-state index contributed by atoms with van der Waals surface area (Å²) < 4.78 is 1.92. The number of hydrogen-bond acceptors (Lipinski definition) is 5. The lowest BCUT2D eigenvalue weighted by molar-refractivity contribution is -0.113. The van der Waals surface area contributed by atoms with Crippen LogP contribution in [0.15, 0.2) is 77.5 Å². The summed E-state index contributed by atoms with van der Waals surface area (Å²) in [6.07, 6.45) is 3.68. The number of carbonyl (C=O) groups excluding carboxylic acids is 1. The highest BCUT2D eigenvalue weighted by Gasteiger charge is 2.32. The number of para-hydroxylation sites is 1. The van der Waals surface area contributed by atoms with E-state index in [4.69, 9.17) is 0 Å². The van der Waals surface area contributed by atoms with Gasteiger partial charge in [-0.3, -0.25) is 4.79 Å². The Morgan fingerprint density at radius 1 is 0.964 bits per heavy atom. The third-order valence-corrected chi connectivity index (χ3v) is 5.50. The molecule has 28 heavy (non-hydrogen) atoms. The first-order valence-electron chi connectivity index (χ1n) is 8.77. The number of hydrogen-bond donors (Lipinski definition) is 0. The molecule has 0 aliphatic carbocycles. The largest absolute Gasteiger partial charge is 0.321 e. The average Bonchev–Trinajstić information content (AvgIpc) is 3.42. The number of amides is 1. The summed E-state index contributed by atoms with van der Waals surface area (Å²) in [5, 5.41) is 10.9. The van der Waals surface area contributed by atoms with Crippen molar-refractivity contribution in [3.05, 3.63) is 72.6 Å². The van der Waals surface area contributed by atoms with Gasteiger partial charge in [0.1, 0.15) is 16.5 Å². The van der Waals surface area contributed by atoms with Gasteiger partial charge in [-0.15, -0.1) is 10.2 Å². The molecular formula is C21H15N5OS. The van der Waals surface area contributed by atoms with Crippen molar-refractivity contribution >= 4 is 45.3 Å². The fraction of sp³-hybridized carbons (Fsp3) is 0.0476. The van der Waals surface area contributed by atoms with E-state index in [0.717, 1.165) is 21.5 Å². The number of fused-ring (bicyclic) bond motifs is 1. The van der Waals surface area contributed by atoms with Crippen LogP contribution in [0.2, 0.25) is 0 Å². The number of nitrogens with zero attached hydrogens (tertiary/aromatic N) is 5. The molecule has 3 heterocycles. The third-order valence-electron chi connectivity index (χ3n) is 4.55. The first-order valence-corrected chi connectivity index (χ1v) is 9.58. The van der Waals surface area contributed by atoms with Gasteiger partial charge in [0, 0.05) is 18.0 Å². The smallest absolute Gasteiger partial charge is 0.285 e. The van der Waals surface area contributed by atoms with Crippen molar-refractivity contribution in [2.24, 2.45) is 4.99 Å². The summed E-state index contributed by atoms with van der Waals surface area (Å²) in [5.41, 5.74) is 2.37. The van der Waals surface area contributed by atoms with E-state index in [-0.39, 0.29) is 5.91 Å². The molecule has 136 valence electrons. The standard InChI is InChI=1S/C21H15N5OS/c1-14-22-17(13-25-12-11-15-7-5-6-10-18(15)25)20(27)26(14)21-24-23-19(28-21)16-8-3-2-4-9-16/h2-13H,1H3/b17-13+. The maximum Gasteiger partial charge on any atom is 0.285 e. The van der Waals surface area contributed by atoms with Gasteiger partial charge in [-0.25, -0.2) is 9.89 Å². The minimum absolute atomic E-state index is 0.203.